The third-order valence-electron chi connectivity index (χ3n) is 5.37. The SMILES string of the molecule is COc1cc(N2CCN(C)CC2)ccc1Nc1nccc(Cc2cc(C(=O)O)c[nH]2)n1. The number of nitrogens with one attached hydrogen (secondary N) is 2. The van der Waals surface area contributed by atoms with Gasteiger partial charge >= 0.3 is 5.97 Å². The monoisotopic (exact) mass is 422 g/mol. The maximum Gasteiger partial charge on any atom is 0.337 e. The van der Waals surface area contributed by atoms with Crippen molar-refractivity contribution in [1.82, 2.24) is 19.9 Å². The van der Waals surface area contributed by atoms with E-state index in [4.69, 9.17) is 9.84 Å². The molecule has 1 saturated heterocycles. The topological polar surface area (TPSA) is 107 Å². The summed E-state index contributed by atoms with van der Waals surface area (Å²) in [6.07, 6.45) is 3.63. The van der Waals surface area contributed by atoms with E-state index in [1.807, 2.05) is 12.1 Å². The van der Waals surface area contributed by atoms with Crippen molar-refractivity contribution in [3.05, 3.63) is 59.7 Å². The van der Waals surface area contributed by atoms with Crippen LogP contribution >= 0.6 is 0 Å². The lowest BCUT2D eigenvalue weighted by Gasteiger charge is -2.34. The number of carbonyl (C=O) groups is 1. The number of carboxylic acid groups (broad SMARTS) is 1. The van der Waals surface area contributed by atoms with Gasteiger partial charge in [0.25, 0.3) is 0 Å². The molecule has 1 aromatic carbocycles. The molecule has 3 heterocycles. The molecule has 0 atom stereocenters. The normalized spacial score (nSPS) is 14.5. The highest BCUT2D eigenvalue weighted by Gasteiger charge is 2.16. The summed E-state index contributed by atoms with van der Waals surface area (Å²) in [7, 11) is 3.79. The number of aromatic carboxylic acids is 1. The van der Waals surface area contributed by atoms with Crippen molar-refractivity contribution in [1.29, 1.82) is 0 Å². The summed E-state index contributed by atoms with van der Waals surface area (Å²) in [6, 6.07) is 9.50. The Morgan fingerprint density at radius 1 is 1.23 bits per heavy atom. The predicted molar refractivity (Wildman–Crippen MR) is 119 cm³/mol. The number of methoxy groups -OCH3 is 1. The number of nitrogens with zero attached hydrogens (tertiary/aromatic N) is 4. The zero-order valence-corrected chi connectivity index (χ0v) is 17.6. The van der Waals surface area contributed by atoms with Gasteiger partial charge in [-0.3, -0.25) is 0 Å². The average Bonchev–Trinajstić information content (AvgIpc) is 3.24. The summed E-state index contributed by atoms with van der Waals surface area (Å²) in [5.74, 6) is 0.216. The van der Waals surface area contributed by atoms with Crippen LogP contribution in [0.2, 0.25) is 0 Å². The van der Waals surface area contributed by atoms with Gasteiger partial charge in [0.1, 0.15) is 5.75 Å². The molecule has 0 saturated carbocycles. The van der Waals surface area contributed by atoms with Gasteiger partial charge in [-0.25, -0.2) is 14.8 Å². The number of ether oxygens (including phenoxy) is 1. The molecule has 31 heavy (non-hydrogen) atoms. The molecule has 9 nitrogen and oxygen atoms in total. The fraction of sp³-hybridized carbons (Fsp3) is 0.318. The molecule has 2 aromatic heterocycles. The van der Waals surface area contributed by atoms with Crippen LogP contribution in [-0.2, 0) is 6.42 Å². The average molecular weight is 422 g/mol. The predicted octanol–water partition coefficient (Wildman–Crippen LogP) is 2.60. The molecule has 0 unspecified atom stereocenters. The van der Waals surface area contributed by atoms with Gasteiger partial charge in [-0.15, -0.1) is 0 Å². The van der Waals surface area contributed by atoms with Gasteiger partial charge in [-0.1, -0.05) is 0 Å². The molecule has 4 rings (SSSR count). The van der Waals surface area contributed by atoms with Crippen LogP contribution in [0.3, 0.4) is 0 Å². The Kier molecular flexibility index (Phi) is 6.03. The molecule has 1 aliphatic rings. The Morgan fingerprint density at radius 2 is 2.03 bits per heavy atom. The Labute approximate surface area is 180 Å². The van der Waals surface area contributed by atoms with Crippen LogP contribution in [-0.4, -0.2) is 71.3 Å². The number of hydrogen-bond acceptors (Lipinski definition) is 7. The van der Waals surface area contributed by atoms with E-state index in [1.54, 1.807) is 25.4 Å². The number of carboxylic acids is 1. The zero-order chi connectivity index (χ0) is 21.8. The smallest absolute Gasteiger partial charge is 0.337 e. The molecule has 1 aliphatic heterocycles. The Bertz CT molecular complexity index is 1060. The van der Waals surface area contributed by atoms with E-state index in [0.29, 0.717) is 12.4 Å². The van der Waals surface area contributed by atoms with Gasteiger partial charge in [0.2, 0.25) is 5.95 Å². The van der Waals surface area contributed by atoms with Crippen LogP contribution in [0.15, 0.2) is 42.7 Å². The summed E-state index contributed by atoms with van der Waals surface area (Å²) < 4.78 is 5.61. The van der Waals surface area contributed by atoms with Crippen LogP contribution in [0.25, 0.3) is 0 Å². The Hall–Kier alpha value is -3.59. The van der Waals surface area contributed by atoms with Crippen molar-refractivity contribution >= 4 is 23.3 Å². The highest BCUT2D eigenvalue weighted by atomic mass is 16.5. The Morgan fingerprint density at radius 3 is 2.74 bits per heavy atom. The number of likely N-dealkylation sites (N-methyl/N-ethyl adjacent to an activating group) is 1. The molecule has 0 bridgehead atoms. The third kappa shape index (κ3) is 4.95. The maximum atomic E-state index is 11.1. The molecular weight excluding hydrogens is 396 g/mol. The van der Waals surface area contributed by atoms with Crippen molar-refractivity contribution in [2.45, 2.75) is 6.42 Å². The molecule has 1 fully saturated rings. The van der Waals surface area contributed by atoms with Crippen molar-refractivity contribution in [3.63, 3.8) is 0 Å². The minimum absolute atomic E-state index is 0.229. The number of aromatic amines is 1. The first-order valence-corrected chi connectivity index (χ1v) is 10.1. The van der Waals surface area contributed by atoms with E-state index >= 15 is 0 Å². The molecule has 3 N–H and O–H groups in total. The van der Waals surface area contributed by atoms with Gasteiger partial charge in [0.15, 0.2) is 0 Å². The number of hydrogen-bond donors (Lipinski definition) is 3. The summed E-state index contributed by atoms with van der Waals surface area (Å²) in [5, 5.41) is 12.3. The molecule has 0 aliphatic carbocycles. The largest absolute Gasteiger partial charge is 0.494 e. The lowest BCUT2D eigenvalue weighted by molar-refractivity contribution is 0.0697. The number of aromatic nitrogens is 3. The maximum absolute atomic E-state index is 11.1. The van der Waals surface area contributed by atoms with Crippen LogP contribution < -0.4 is 15.0 Å². The lowest BCUT2D eigenvalue weighted by Crippen LogP contribution is -2.44. The van der Waals surface area contributed by atoms with Crippen LogP contribution in [0.4, 0.5) is 17.3 Å². The second-order valence-corrected chi connectivity index (χ2v) is 7.57. The van der Waals surface area contributed by atoms with E-state index in [2.05, 4.69) is 43.2 Å². The first-order valence-electron chi connectivity index (χ1n) is 10.1. The number of H-pyrrole nitrogens is 1. The van der Waals surface area contributed by atoms with E-state index in [1.165, 1.54) is 6.20 Å². The standard InChI is InChI=1S/C22H26N6O3/c1-27-7-9-28(10-8-27)18-3-4-19(20(13-18)31-2)26-22-23-6-5-16(25-22)12-17-11-15(14-24-17)21(29)30/h3-6,11,13-14,24H,7-10,12H2,1-2H3,(H,29,30)(H,23,25,26). The molecule has 0 spiro atoms. The summed E-state index contributed by atoms with van der Waals surface area (Å²) in [4.78, 5) is 27.6. The first-order chi connectivity index (χ1) is 15.0. The molecular formula is C22H26N6O3. The van der Waals surface area contributed by atoms with Crippen molar-refractivity contribution in [2.24, 2.45) is 0 Å². The van der Waals surface area contributed by atoms with Crippen LogP contribution in [0.1, 0.15) is 21.7 Å². The van der Waals surface area contributed by atoms with Gasteiger partial charge in [-0.2, -0.15) is 0 Å². The molecule has 3 aromatic rings. The molecule has 9 heteroatoms. The summed E-state index contributed by atoms with van der Waals surface area (Å²) >= 11 is 0. The van der Waals surface area contributed by atoms with Crippen LogP contribution in [0.5, 0.6) is 5.75 Å². The first kappa shape index (κ1) is 20.7. The summed E-state index contributed by atoms with van der Waals surface area (Å²) in [5.41, 5.74) is 3.68. The Balaban J connectivity index is 1.48. The zero-order valence-electron chi connectivity index (χ0n) is 17.6. The van der Waals surface area contributed by atoms with Gasteiger partial charge in [0.05, 0.1) is 24.1 Å². The molecule has 0 radical (unpaired) electrons. The highest BCUT2D eigenvalue weighted by Crippen LogP contribution is 2.31. The fourth-order valence-electron chi connectivity index (χ4n) is 3.58. The van der Waals surface area contributed by atoms with Gasteiger partial charge < -0.3 is 29.9 Å². The second-order valence-electron chi connectivity index (χ2n) is 7.57. The fourth-order valence-corrected chi connectivity index (χ4v) is 3.58. The third-order valence-corrected chi connectivity index (χ3v) is 5.37. The minimum atomic E-state index is -0.959. The summed E-state index contributed by atoms with van der Waals surface area (Å²) in [6.45, 7) is 4.05. The van der Waals surface area contributed by atoms with E-state index < -0.39 is 5.97 Å². The number of piperazine rings is 1. The second kappa shape index (κ2) is 9.05. The van der Waals surface area contributed by atoms with Crippen molar-refractivity contribution in [2.75, 3.05) is 50.6 Å². The van der Waals surface area contributed by atoms with E-state index in [0.717, 1.165) is 54.7 Å². The van der Waals surface area contributed by atoms with Crippen LogP contribution in [0, 0.1) is 0 Å². The number of anilines is 3. The molecule has 162 valence electrons. The molecule has 0 amide bonds. The lowest BCUT2D eigenvalue weighted by atomic mass is 10.2. The van der Waals surface area contributed by atoms with Gasteiger partial charge in [0, 0.05) is 62.4 Å². The number of rotatable bonds is 7. The van der Waals surface area contributed by atoms with E-state index in [9.17, 15) is 4.79 Å². The quantitative estimate of drug-likeness (QED) is 0.533. The van der Waals surface area contributed by atoms with Crippen molar-refractivity contribution in [3.8, 4) is 5.75 Å². The van der Waals surface area contributed by atoms with Gasteiger partial charge in [-0.05, 0) is 31.3 Å². The number of benzene rings is 1. The highest BCUT2D eigenvalue weighted by molar-refractivity contribution is 5.87. The van der Waals surface area contributed by atoms with Crippen molar-refractivity contribution < 1.29 is 14.6 Å². The minimum Gasteiger partial charge on any atom is -0.494 e. The van der Waals surface area contributed by atoms with E-state index in [-0.39, 0.29) is 5.56 Å².